The zero-order chi connectivity index (χ0) is 15.6. The number of nitrogens with zero attached hydrogens (tertiary/aromatic N) is 2. The van der Waals surface area contributed by atoms with Gasteiger partial charge in [0, 0.05) is 12.3 Å². The predicted molar refractivity (Wildman–Crippen MR) is 84.3 cm³/mol. The number of hydrogen-bond donors (Lipinski definition) is 3. The second-order valence-electron chi connectivity index (χ2n) is 5.71. The maximum atomic E-state index is 12.1. The Kier molecular flexibility index (Phi) is 4.77. The third kappa shape index (κ3) is 3.49. The van der Waals surface area contributed by atoms with Crippen LogP contribution in [0, 0.1) is 0 Å². The minimum atomic E-state index is -3.42. The average molecular weight is 315 g/mol. The van der Waals surface area contributed by atoms with E-state index in [1.54, 1.807) is 4.68 Å². The van der Waals surface area contributed by atoms with E-state index in [1.165, 1.54) is 6.26 Å². The van der Waals surface area contributed by atoms with Gasteiger partial charge < -0.3 is 16.4 Å². The van der Waals surface area contributed by atoms with Crippen LogP contribution in [0.2, 0.25) is 0 Å². The topological polar surface area (TPSA) is 102 Å². The molecule has 0 aliphatic carbocycles. The van der Waals surface area contributed by atoms with Crippen LogP contribution in [-0.4, -0.2) is 43.6 Å². The molecule has 0 spiro atoms. The summed E-state index contributed by atoms with van der Waals surface area (Å²) in [5, 5.41) is 11.0. The largest absolute Gasteiger partial charge is 0.383 e. The monoisotopic (exact) mass is 315 g/mol. The molecule has 1 aromatic heterocycles. The Hall–Kier alpha value is -1.28. The Morgan fingerprint density at radius 2 is 2.10 bits per heavy atom. The summed E-state index contributed by atoms with van der Waals surface area (Å²) < 4.78 is 25.7. The van der Waals surface area contributed by atoms with E-state index in [-0.39, 0.29) is 22.8 Å². The van der Waals surface area contributed by atoms with Crippen molar-refractivity contribution in [2.45, 2.75) is 50.1 Å². The van der Waals surface area contributed by atoms with Crippen LogP contribution in [-0.2, 0) is 9.84 Å². The van der Waals surface area contributed by atoms with Crippen molar-refractivity contribution < 1.29 is 8.42 Å². The van der Waals surface area contributed by atoms with E-state index < -0.39 is 9.84 Å². The van der Waals surface area contributed by atoms with E-state index in [4.69, 9.17) is 5.73 Å². The fraction of sp³-hybridized carbons (Fsp3) is 0.769. The van der Waals surface area contributed by atoms with Crippen LogP contribution in [0.5, 0.6) is 0 Å². The minimum absolute atomic E-state index is 0.0640. The molecule has 1 unspecified atom stereocenters. The van der Waals surface area contributed by atoms with Crippen LogP contribution in [0.1, 0.15) is 39.2 Å². The number of nitrogens with one attached hydrogen (secondary N) is 2. The first kappa shape index (κ1) is 16.1. The molecule has 0 amide bonds. The summed E-state index contributed by atoms with van der Waals surface area (Å²) in [6.45, 7) is 5.84. The standard InChI is InChI=1S/C13H25N5O2S/c1-4-9(2)18-12(14)11(21(3,19)20)13(17-18)16-10-5-7-15-8-6-10/h9-10,15H,4-8,14H2,1-3H3,(H,16,17). The highest BCUT2D eigenvalue weighted by molar-refractivity contribution is 7.91. The molecule has 1 aromatic rings. The van der Waals surface area contributed by atoms with E-state index in [2.05, 4.69) is 15.7 Å². The molecular weight excluding hydrogens is 290 g/mol. The lowest BCUT2D eigenvalue weighted by Crippen LogP contribution is -2.35. The molecule has 0 bridgehead atoms. The Morgan fingerprint density at radius 3 is 2.62 bits per heavy atom. The minimum Gasteiger partial charge on any atom is -0.383 e. The second-order valence-corrected chi connectivity index (χ2v) is 7.66. The number of aromatic nitrogens is 2. The molecule has 120 valence electrons. The lowest BCUT2D eigenvalue weighted by Gasteiger charge is -2.23. The summed E-state index contributed by atoms with van der Waals surface area (Å²) in [4.78, 5) is 0.126. The molecule has 2 heterocycles. The first-order chi connectivity index (χ1) is 9.84. The number of hydrogen-bond acceptors (Lipinski definition) is 6. The lowest BCUT2D eigenvalue weighted by molar-refractivity contribution is 0.470. The zero-order valence-corrected chi connectivity index (χ0v) is 13.7. The molecule has 0 aromatic carbocycles. The van der Waals surface area contributed by atoms with Crippen molar-refractivity contribution in [1.82, 2.24) is 15.1 Å². The number of sulfone groups is 1. The van der Waals surface area contributed by atoms with Crippen LogP contribution in [0.25, 0.3) is 0 Å². The zero-order valence-electron chi connectivity index (χ0n) is 12.9. The van der Waals surface area contributed by atoms with Crippen LogP contribution >= 0.6 is 0 Å². The Bertz CT molecular complexity index is 590. The quantitative estimate of drug-likeness (QED) is 0.749. The van der Waals surface area contributed by atoms with Gasteiger partial charge in [0.1, 0.15) is 5.82 Å². The Labute approximate surface area is 126 Å². The van der Waals surface area contributed by atoms with Gasteiger partial charge in [-0.25, -0.2) is 13.1 Å². The highest BCUT2D eigenvalue weighted by Crippen LogP contribution is 2.31. The molecule has 7 nitrogen and oxygen atoms in total. The van der Waals surface area contributed by atoms with E-state index in [9.17, 15) is 8.42 Å². The van der Waals surface area contributed by atoms with Crippen LogP contribution in [0.3, 0.4) is 0 Å². The first-order valence-electron chi connectivity index (χ1n) is 7.39. The Balaban J connectivity index is 2.38. The van der Waals surface area contributed by atoms with E-state index in [0.717, 1.165) is 32.4 Å². The molecular formula is C13H25N5O2S. The molecule has 1 fully saturated rings. The Morgan fingerprint density at radius 1 is 1.48 bits per heavy atom. The SMILES string of the molecule is CCC(C)n1nc(NC2CCNCC2)c(S(C)(=O)=O)c1N. The van der Waals surface area contributed by atoms with Gasteiger partial charge in [0.25, 0.3) is 0 Å². The normalized spacial score (nSPS) is 18.6. The lowest BCUT2D eigenvalue weighted by atomic mass is 10.1. The van der Waals surface area contributed by atoms with Crippen molar-refractivity contribution in [3.63, 3.8) is 0 Å². The molecule has 1 atom stereocenters. The molecule has 1 aliphatic rings. The van der Waals surface area contributed by atoms with Gasteiger partial charge in [-0.1, -0.05) is 6.92 Å². The second kappa shape index (κ2) is 6.23. The fourth-order valence-electron chi connectivity index (χ4n) is 2.56. The van der Waals surface area contributed by atoms with Crippen molar-refractivity contribution >= 4 is 21.5 Å². The number of nitrogen functional groups attached to an aromatic ring is 1. The van der Waals surface area contributed by atoms with Gasteiger partial charge in [0.15, 0.2) is 20.6 Å². The number of piperidine rings is 1. The average Bonchev–Trinajstić information content (AvgIpc) is 2.75. The van der Waals surface area contributed by atoms with E-state index >= 15 is 0 Å². The van der Waals surface area contributed by atoms with Crippen molar-refractivity contribution in [3.05, 3.63) is 0 Å². The summed E-state index contributed by atoms with van der Waals surface area (Å²) in [6, 6.07) is 0.292. The summed E-state index contributed by atoms with van der Waals surface area (Å²) in [6.07, 6.45) is 3.90. The van der Waals surface area contributed by atoms with Gasteiger partial charge in [-0.05, 0) is 39.3 Å². The summed E-state index contributed by atoms with van der Waals surface area (Å²) >= 11 is 0. The number of rotatable bonds is 5. The van der Waals surface area contributed by atoms with Gasteiger partial charge in [0.2, 0.25) is 0 Å². The molecule has 1 aliphatic heterocycles. The molecule has 0 saturated carbocycles. The van der Waals surface area contributed by atoms with Crippen molar-refractivity contribution in [2.75, 3.05) is 30.4 Å². The smallest absolute Gasteiger partial charge is 0.182 e. The third-order valence-electron chi connectivity index (χ3n) is 3.96. The number of nitrogens with two attached hydrogens (primary N) is 1. The molecule has 21 heavy (non-hydrogen) atoms. The van der Waals surface area contributed by atoms with Gasteiger partial charge in [0.05, 0.1) is 6.04 Å². The first-order valence-corrected chi connectivity index (χ1v) is 9.29. The fourth-order valence-corrected chi connectivity index (χ4v) is 3.49. The summed E-state index contributed by atoms with van der Waals surface area (Å²) in [7, 11) is -3.42. The van der Waals surface area contributed by atoms with Crippen LogP contribution in [0.4, 0.5) is 11.6 Å². The van der Waals surface area contributed by atoms with Crippen molar-refractivity contribution in [1.29, 1.82) is 0 Å². The predicted octanol–water partition coefficient (Wildman–Crippen LogP) is 1.00. The van der Waals surface area contributed by atoms with Gasteiger partial charge in [-0.2, -0.15) is 5.10 Å². The molecule has 1 saturated heterocycles. The molecule has 0 radical (unpaired) electrons. The van der Waals surface area contributed by atoms with E-state index in [0.29, 0.717) is 5.82 Å². The van der Waals surface area contributed by atoms with Crippen molar-refractivity contribution in [3.8, 4) is 0 Å². The van der Waals surface area contributed by atoms with Crippen LogP contribution < -0.4 is 16.4 Å². The summed E-state index contributed by atoms with van der Waals surface area (Å²) in [5.74, 6) is 0.616. The maximum Gasteiger partial charge on any atom is 0.182 e. The molecule has 2 rings (SSSR count). The molecule has 4 N–H and O–H groups in total. The van der Waals surface area contributed by atoms with Crippen LogP contribution in [0.15, 0.2) is 4.90 Å². The van der Waals surface area contributed by atoms with Gasteiger partial charge >= 0.3 is 0 Å². The van der Waals surface area contributed by atoms with E-state index in [1.807, 2.05) is 13.8 Å². The number of anilines is 2. The highest BCUT2D eigenvalue weighted by Gasteiger charge is 2.27. The maximum absolute atomic E-state index is 12.1. The van der Waals surface area contributed by atoms with Gasteiger partial charge in [-0.15, -0.1) is 0 Å². The summed E-state index contributed by atoms with van der Waals surface area (Å²) in [5.41, 5.74) is 6.04. The van der Waals surface area contributed by atoms with Crippen molar-refractivity contribution in [2.24, 2.45) is 0 Å². The van der Waals surface area contributed by atoms with Gasteiger partial charge in [-0.3, -0.25) is 0 Å². The third-order valence-corrected chi connectivity index (χ3v) is 5.11. The molecule has 8 heteroatoms. The highest BCUT2D eigenvalue weighted by atomic mass is 32.2.